The summed E-state index contributed by atoms with van der Waals surface area (Å²) < 4.78 is 10.7. The van der Waals surface area contributed by atoms with E-state index in [0.717, 1.165) is 27.6 Å². The van der Waals surface area contributed by atoms with Crippen LogP contribution in [0.5, 0.6) is 5.75 Å². The predicted octanol–water partition coefficient (Wildman–Crippen LogP) is 4.21. The smallest absolute Gasteiger partial charge is 0.227 e. The van der Waals surface area contributed by atoms with Crippen LogP contribution in [0, 0.1) is 0 Å². The average molecular weight is 393 g/mol. The van der Waals surface area contributed by atoms with Gasteiger partial charge >= 0.3 is 0 Å². The monoisotopic (exact) mass is 393 g/mol. The highest BCUT2D eigenvalue weighted by Crippen LogP contribution is 2.27. The van der Waals surface area contributed by atoms with Crippen LogP contribution >= 0.6 is 11.3 Å². The molecule has 0 spiro atoms. The fourth-order valence-corrected chi connectivity index (χ4v) is 3.69. The van der Waals surface area contributed by atoms with E-state index in [1.165, 1.54) is 0 Å². The van der Waals surface area contributed by atoms with Gasteiger partial charge in [0.15, 0.2) is 0 Å². The summed E-state index contributed by atoms with van der Waals surface area (Å²) in [5.74, 6) is 1.69. The molecule has 1 N–H and O–H groups in total. The fourth-order valence-electron chi connectivity index (χ4n) is 3.05. The second-order valence-corrected chi connectivity index (χ2v) is 7.05. The summed E-state index contributed by atoms with van der Waals surface area (Å²) in [6.07, 6.45) is 0.675. The van der Waals surface area contributed by atoms with E-state index in [1.54, 1.807) is 18.4 Å². The Balaban J connectivity index is 1.38. The van der Waals surface area contributed by atoms with Crippen LogP contribution in [0.1, 0.15) is 17.9 Å². The molecule has 4 rings (SSSR count). The molecule has 0 bridgehead atoms. The Morgan fingerprint density at radius 1 is 1.21 bits per heavy atom. The van der Waals surface area contributed by atoms with Crippen LogP contribution in [-0.4, -0.2) is 23.2 Å². The molecule has 28 heavy (non-hydrogen) atoms. The number of fused-ring (bicyclic) bond motifs is 1. The highest BCUT2D eigenvalue weighted by Gasteiger charge is 2.13. The number of aryl methyl sites for hydroxylation is 1. The van der Waals surface area contributed by atoms with E-state index in [1.807, 2.05) is 53.2 Å². The summed E-state index contributed by atoms with van der Waals surface area (Å²) in [5.41, 5.74) is 1.89. The van der Waals surface area contributed by atoms with Crippen molar-refractivity contribution in [3.8, 4) is 17.1 Å². The van der Waals surface area contributed by atoms with Crippen molar-refractivity contribution in [3.63, 3.8) is 0 Å². The number of carbonyl (C=O) groups is 1. The van der Waals surface area contributed by atoms with Crippen molar-refractivity contribution in [1.82, 2.24) is 15.5 Å². The van der Waals surface area contributed by atoms with Crippen LogP contribution in [0.4, 0.5) is 0 Å². The SMILES string of the molecule is COc1ccc2ccccc2c1CNC(=O)CCc1nc(-c2ccsc2)no1. The lowest BCUT2D eigenvalue weighted by molar-refractivity contribution is -0.121. The molecule has 0 aliphatic rings. The van der Waals surface area contributed by atoms with E-state index in [0.29, 0.717) is 24.7 Å². The molecule has 4 aromatic rings. The lowest BCUT2D eigenvalue weighted by Crippen LogP contribution is -2.23. The van der Waals surface area contributed by atoms with Gasteiger partial charge in [-0.2, -0.15) is 16.3 Å². The van der Waals surface area contributed by atoms with Crippen molar-refractivity contribution in [2.24, 2.45) is 0 Å². The molecule has 2 heterocycles. The Hall–Kier alpha value is -3.19. The summed E-state index contributed by atoms with van der Waals surface area (Å²) in [6, 6.07) is 13.9. The molecule has 2 aromatic heterocycles. The number of aromatic nitrogens is 2. The summed E-state index contributed by atoms with van der Waals surface area (Å²) in [4.78, 5) is 16.7. The Kier molecular flexibility index (Phi) is 5.34. The maximum Gasteiger partial charge on any atom is 0.227 e. The van der Waals surface area contributed by atoms with Gasteiger partial charge in [0, 0.05) is 35.9 Å². The zero-order valence-corrected chi connectivity index (χ0v) is 16.2. The molecule has 0 saturated carbocycles. The van der Waals surface area contributed by atoms with E-state index < -0.39 is 0 Å². The molecule has 0 aliphatic heterocycles. The van der Waals surface area contributed by atoms with Gasteiger partial charge in [-0.1, -0.05) is 35.5 Å². The van der Waals surface area contributed by atoms with Crippen molar-refractivity contribution >= 4 is 28.0 Å². The fraction of sp³-hybridized carbons (Fsp3) is 0.190. The number of thiophene rings is 1. The van der Waals surface area contributed by atoms with E-state index in [-0.39, 0.29) is 12.3 Å². The minimum atomic E-state index is -0.0785. The lowest BCUT2D eigenvalue weighted by atomic mass is 10.0. The van der Waals surface area contributed by atoms with Crippen LogP contribution in [0.2, 0.25) is 0 Å². The number of methoxy groups -OCH3 is 1. The Morgan fingerprint density at radius 3 is 2.93 bits per heavy atom. The van der Waals surface area contributed by atoms with Gasteiger partial charge in [0.25, 0.3) is 0 Å². The number of benzene rings is 2. The highest BCUT2D eigenvalue weighted by molar-refractivity contribution is 7.08. The number of hydrogen-bond donors (Lipinski definition) is 1. The third kappa shape index (κ3) is 3.89. The van der Waals surface area contributed by atoms with Crippen molar-refractivity contribution in [1.29, 1.82) is 0 Å². The molecule has 0 unspecified atom stereocenters. The maximum absolute atomic E-state index is 12.3. The number of rotatable bonds is 7. The van der Waals surface area contributed by atoms with E-state index in [9.17, 15) is 4.79 Å². The molecule has 0 saturated heterocycles. The van der Waals surface area contributed by atoms with Crippen LogP contribution in [0.25, 0.3) is 22.2 Å². The number of carbonyl (C=O) groups excluding carboxylic acids is 1. The van der Waals surface area contributed by atoms with Gasteiger partial charge in [0.05, 0.1) is 7.11 Å². The van der Waals surface area contributed by atoms with Gasteiger partial charge in [-0.05, 0) is 28.3 Å². The molecule has 1 amide bonds. The van der Waals surface area contributed by atoms with Crippen LogP contribution in [0.15, 0.2) is 57.7 Å². The first-order valence-electron chi connectivity index (χ1n) is 8.91. The average Bonchev–Trinajstić information content (AvgIpc) is 3.42. The molecule has 142 valence electrons. The summed E-state index contributed by atoms with van der Waals surface area (Å²) >= 11 is 1.57. The highest BCUT2D eigenvalue weighted by atomic mass is 32.1. The largest absolute Gasteiger partial charge is 0.496 e. The molecule has 0 fully saturated rings. The van der Waals surface area contributed by atoms with Crippen molar-refractivity contribution in [2.45, 2.75) is 19.4 Å². The maximum atomic E-state index is 12.3. The zero-order valence-electron chi connectivity index (χ0n) is 15.3. The minimum Gasteiger partial charge on any atom is -0.496 e. The molecule has 6 nitrogen and oxygen atoms in total. The first-order chi connectivity index (χ1) is 13.7. The van der Waals surface area contributed by atoms with Crippen molar-refractivity contribution < 1.29 is 14.1 Å². The number of nitrogens with zero attached hydrogens (tertiary/aromatic N) is 2. The minimum absolute atomic E-state index is 0.0785. The topological polar surface area (TPSA) is 77.2 Å². The number of ether oxygens (including phenoxy) is 1. The Labute approximate surface area is 166 Å². The van der Waals surface area contributed by atoms with Gasteiger partial charge in [-0.3, -0.25) is 4.79 Å². The first kappa shape index (κ1) is 18.2. The summed E-state index contributed by atoms with van der Waals surface area (Å²) in [5, 5.41) is 13.0. The molecular formula is C21H19N3O3S. The van der Waals surface area contributed by atoms with Gasteiger partial charge in [-0.15, -0.1) is 0 Å². The van der Waals surface area contributed by atoms with Gasteiger partial charge in [0.2, 0.25) is 17.6 Å². The second kappa shape index (κ2) is 8.22. The summed E-state index contributed by atoms with van der Waals surface area (Å²) in [6.45, 7) is 0.396. The standard InChI is InChI=1S/C21H19N3O3S/c1-26-18-7-6-14-4-2-3-5-16(14)17(18)12-22-19(25)8-9-20-23-21(24-27-20)15-10-11-28-13-15/h2-7,10-11,13H,8-9,12H2,1H3,(H,22,25). The Morgan fingerprint density at radius 2 is 2.11 bits per heavy atom. The second-order valence-electron chi connectivity index (χ2n) is 6.27. The molecular weight excluding hydrogens is 374 g/mol. The molecule has 0 radical (unpaired) electrons. The number of amides is 1. The van der Waals surface area contributed by atoms with Crippen LogP contribution < -0.4 is 10.1 Å². The molecule has 0 atom stereocenters. The molecule has 7 heteroatoms. The van der Waals surface area contributed by atoms with Gasteiger partial charge in [-0.25, -0.2) is 0 Å². The normalized spacial score (nSPS) is 10.9. The van der Waals surface area contributed by atoms with E-state index >= 15 is 0 Å². The van der Waals surface area contributed by atoms with Crippen LogP contribution in [-0.2, 0) is 17.8 Å². The molecule has 2 aromatic carbocycles. The first-order valence-corrected chi connectivity index (χ1v) is 9.85. The zero-order chi connectivity index (χ0) is 19.3. The van der Waals surface area contributed by atoms with E-state index in [4.69, 9.17) is 9.26 Å². The number of nitrogens with one attached hydrogen (secondary N) is 1. The van der Waals surface area contributed by atoms with Crippen molar-refractivity contribution in [3.05, 3.63) is 64.7 Å². The van der Waals surface area contributed by atoms with Crippen LogP contribution in [0.3, 0.4) is 0 Å². The van der Waals surface area contributed by atoms with E-state index in [2.05, 4.69) is 15.5 Å². The van der Waals surface area contributed by atoms with Gasteiger partial charge in [0.1, 0.15) is 5.75 Å². The third-order valence-electron chi connectivity index (χ3n) is 4.49. The quantitative estimate of drug-likeness (QED) is 0.509. The van der Waals surface area contributed by atoms with Gasteiger partial charge < -0.3 is 14.6 Å². The Bertz CT molecular complexity index is 1090. The third-order valence-corrected chi connectivity index (χ3v) is 5.18. The lowest BCUT2D eigenvalue weighted by Gasteiger charge is -2.13. The predicted molar refractivity (Wildman–Crippen MR) is 108 cm³/mol. The number of hydrogen-bond acceptors (Lipinski definition) is 6. The molecule has 0 aliphatic carbocycles. The van der Waals surface area contributed by atoms with Crippen molar-refractivity contribution in [2.75, 3.05) is 7.11 Å². The summed E-state index contributed by atoms with van der Waals surface area (Å²) in [7, 11) is 1.63.